The van der Waals surface area contributed by atoms with Crippen LogP contribution in [0.2, 0.25) is 0 Å². The van der Waals surface area contributed by atoms with Gasteiger partial charge in [0.25, 0.3) is 0 Å². The zero-order valence-corrected chi connectivity index (χ0v) is 9.70. The van der Waals surface area contributed by atoms with Crippen LogP contribution in [0.4, 0.5) is 0 Å². The zero-order chi connectivity index (χ0) is 11.4. The fourth-order valence-corrected chi connectivity index (χ4v) is 2.17. The molecule has 1 saturated heterocycles. The Morgan fingerprint density at radius 2 is 2.44 bits per heavy atom. The number of rotatable bonds is 5. The minimum atomic E-state index is 0.184. The average Bonchev–Trinajstić information content (AvgIpc) is 2.88. The van der Waals surface area contributed by atoms with Crippen LogP contribution in [0.15, 0.2) is 16.7 Å². The summed E-state index contributed by atoms with van der Waals surface area (Å²) >= 11 is 0. The second kappa shape index (κ2) is 5.30. The standard InChI is InChI=1S/C13H18O3/c1-10-12(7-9-15-10)13(14)6-2-4-11-5-3-8-16-11/h7,9,11H,2-6,8H2,1H3. The van der Waals surface area contributed by atoms with Crippen LogP contribution in [0.25, 0.3) is 0 Å². The fourth-order valence-electron chi connectivity index (χ4n) is 2.17. The molecule has 3 nitrogen and oxygen atoms in total. The monoisotopic (exact) mass is 222 g/mol. The Bertz CT molecular complexity index is 348. The molecule has 1 atom stereocenters. The highest BCUT2D eigenvalue weighted by molar-refractivity contribution is 5.96. The van der Waals surface area contributed by atoms with Crippen molar-refractivity contribution in [2.24, 2.45) is 0 Å². The first kappa shape index (κ1) is 11.4. The normalized spacial score (nSPS) is 20.2. The molecule has 1 aliphatic heterocycles. The maximum Gasteiger partial charge on any atom is 0.166 e. The first-order valence-corrected chi connectivity index (χ1v) is 5.96. The van der Waals surface area contributed by atoms with Crippen LogP contribution in [0.3, 0.4) is 0 Å². The van der Waals surface area contributed by atoms with Gasteiger partial charge in [0.1, 0.15) is 5.76 Å². The van der Waals surface area contributed by atoms with E-state index in [1.54, 1.807) is 12.3 Å². The van der Waals surface area contributed by atoms with Gasteiger partial charge in [0.05, 0.1) is 17.9 Å². The van der Waals surface area contributed by atoms with E-state index in [0.29, 0.717) is 12.5 Å². The second-order valence-corrected chi connectivity index (χ2v) is 4.34. The summed E-state index contributed by atoms with van der Waals surface area (Å²) in [5.74, 6) is 0.909. The fraction of sp³-hybridized carbons (Fsp3) is 0.615. The van der Waals surface area contributed by atoms with E-state index in [0.717, 1.165) is 37.2 Å². The molecule has 0 aliphatic carbocycles. The molecule has 1 unspecified atom stereocenters. The lowest BCUT2D eigenvalue weighted by Crippen LogP contribution is -2.06. The van der Waals surface area contributed by atoms with Crippen molar-refractivity contribution >= 4 is 5.78 Å². The van der Waals surface area contributed by atoms with Gasteiger partial charge in [-0.25, -0.2) is 0 Å². The molecule has 2 heterocycles. The molecule has 1 aromatic heterocycles. The van der Waals surface area contributed by atoms with Gasteiger partial charge in [0, 0.05) is 13.0 Å². The van der Waals surface area contributed by atoms with Gasteiger partial charge in [-0.05, 0) is 38.7 Å². The maximum absolute atomic E-state index is 11.8. The van der Waals surface area contributed by atoms with E-state index in [1.807, 2.05) is 6.92 Å². The van der Waals surface area contributed by atoms with E-state index in [1.165, 1.54) is 6.42 Å². The van der Waals surface area contributed by atoms with Gasteiger partial charge in [-0.1, -0.05) is 0 Å². The lowest BCUT2D eigenvalue weighted by atomic mass is 10.0. The van der Waals surface area contributed by atoms with Gasteiger partial charge >= 0.3 is 0 Å². The Morgan fingerprint density at radius 3 is 3.06 bits per heavy atom. The lowest BCUT2D eigenvalue weighted by molar-refractivity contribution is 0.0922. The summed E-state index contributed by atoms with van der Waals surface area (Å²) in [4.78, 5) is 11.8. The Morgan fingerprint density at radius 1 is 1.56 bits per heavy atom. The third-order valence-corrected chi connectivity index (χ3v) is 3.11. The lowest BCUT2D eigenvalue weighted by Gasteiger charge is -2.07. The number of hydrogen-bond donors (Lipinski definition) is 0. The summed E-state index contributed by atoms with van der Waals surface area (Å²) < 4.78 is 10.6. The molecular formula is C13H18O3. The molecule has 0 spiro atoms. The molecule has 0 aromatic carbocycles. The number of hydrogen-bond acceptors (Lipinski definition) is 3. The predicted octanol–water partition coefficient (Wildman–Crippen LogP) is 3.12. The van der Waals surface area contributed by atoms with Crippen molar-refractivity contribution in [2.75, 3.05) is 6.61 Å². The first-order chi connectivity index (χ1) is 7.77. The van der Waals surface area contributed by atoms with Gasteiger partial charge in [0.15, 0.2) is 5.78 Å². The summed E-state index contributed by atoms with van der Waals surface area (Å²) in [6.45, 7) is 2.72. The third kappa shape index (κ3) is 2.73. The molecule has 0 amide bonds. The minimum Gasteiger partial charge on any atom is -0.469 e. The van der Waals surface area contributed by atoms with Crippen molar-refractivity contribution in [3.8, 4) is 0 Å². The zero-order valence-electron chi connectivity index (χ0n) is 9.70. The van der Waals surface area contributed by atoms with Crippen molar-refractivity contribution < 1.29 is 13.9 Å². The molecule has 2 rings (SSSR count). The molecule has 0 saturated carbocycles. The second-order valence-electron chi connectivity index (χ2n) is 4.34. The maximum atomic E-state index is 11.8. The average molecular weight is 222 g/mol. The first-order valence-electron chi connectivity index (χ1n) is 5.96. The van der Waals surface area contributed by atoms with Gasteiger partial charge in [0.2, 0.25) is 0 Å². The van der Waals surface area contributed by atoms with Crippen molar-refractivity contribution in [1.29, 1.82) is 0 Å². The molecule has 1 aliphatic rings. The Labute approximate surface area is 95.8 Å². The highest BCUT2D eigenvalue weighted by atomic mass is 16.5. The van der Waals surface area contributed by atoms with Gasteiger partial charge in [-0.2, -0.15) is 0 Å². The predicted molar refractivity (Wildman–Crippen MR) is 60.6 cm³/mol. The number of furan rings is 1. The van der Waals surface area contributed by atoms with E-state index in [2.05, 4.69) is 0 Å². The molecule has 1 fully saturated rings. The summed E-state index contributed by atoms with van der Waals surface area (Å²) in [5.41, 5.74) is 0.729. The molecule has 88 valence electrons. The number of aryl methyl sites for hydroxylation is 1. The molecule has 0 bridgehead atoms. The molecular weight excluding hydrogens is 204 g/mol. The smallest absolute Gasteiger partial charge is 0.166 e. The van der Waals surface area contributed by atoms with Gasteiger partial charge in [-0.15, -0.1) is 0 Å². The van der Waals surface area contributed by atoms with Crippen LogP contribution in [0, 0.1) is 6.92 Å². The van der Waals surface area contributed by atoms with Gasteiger partial charge < -0.3 is 9.15 Å². The number of carbonyl (C=O) groups excluding carboxylic acids is 1. The van der Waals surface area contributed by atoms with E-state index in [9.17, 15) is 4.79 Å². The minimum absolute atomic E-state index is 0.184. The topological polar surface area (TPSA) is 39.4 Å². The van der Waals surface area contributed by atoms with Crippen LogP contribution >= 0.6 is 0 Å². The summed E-state index contributed by atoms with van der Waals surface area (Å²) in [5, 5.41) is 0. The van der Waals surface area contributed by atoms with Crippen molar-refractivity contribution in [1.82, 2.24) is 0 Å². The van der Waals surface area contributed by atoms with Crippen LogP contribution in [0.1, 0.15) is 48.2 Å². The number of Topliss-reactive ketones (excluding diaryl/α,β-unsaturated/α-hetero) is 1. The Balaban J connectivity index is 1.73. The van der Waals surface area contributed by atoms with Crippen LogP contribution in [-0.4, -0.2) is 18.5 Å². The molecule has 0 N–H and O–H groups in total. The highest BCUT2D eigenvalue weighted by Crippen LogP contribution is 2.19. The number of ketones is 1. The molecule has 0 radical (unpaired) electrons. The summed E-state index contributed by atoms with van der Waals surface area (Å²) in [6, 6.07) is 1.75. The van der Waals surface area contributed by atoms with Crippen LogP contribution in [-0.2, 0) is 4.74 Å². The molecule has 1 aromatic rings. The van der Waals surface area contributed by atoms with Gasteiger partial charge in [-0.3, -0.25) is 4.79 Å². The van der Waals surface area contributed by atoms with E-state index in [-0.39, 0.29) is 5.78 Å². The number of carbonyl (C=O) groups is 1. The summed E-state index contributed by atoms with van der Waals surface area (Å²) in [7, 11) is 0. The van der Waals surface area contributed by atoms with Crippen molar-refractivity contribution in [3.05, 3.63) is 23.7 Å². The molecule has 16 heavy (non-hydrogen) atoms. The third-order valence-electron chi connectivity index (χ3n) is 3.11. The highest BCUT2D eigenvalue weighted by Gasteiger charge is 2.16. The Hall–Kier alpha value is -1.09. The van der Waals surface area contributed by atoms with E-state index in [4.69, 9.17) is 9.15 Å². The number of ether oxygens (including phenoxy) is 1. The largest absolute Gasteiger partial charge is 0.469 e. The van der Waals surface area contributed by atoms with Crippen LogP contribution in [0.5, 0.6) is 0 Å². The van der Waals surface area contributed by atoms with Crippen molar-refractivity contribution in [3.63, 3.8) is 0 Å². The van der Waals surface area contributed by atoms with Crippen molar-refractivity contribution in [2.45, 2.75) is 45.1 Å². The quantitative estimate of drug-likeness (QED) is 0.718. The summed E-state index contributed by atoms with van der Waals surface area (Å²) in [6.07, 6.45) is 6.79. The molecule has 3 heteroatoms. The van der Waals surface area contributed by atoms with E-state index < -0.39 is 0 Å². The van der Waals surface area contributed by atoms with E-state index >= 15 is 0 Å². The SMILES string of the molecule is Cc1occc1C(=O)CCCC1CCCO1. The Kier molecular flexibility index (Phi) is 3.78. The van der Waals surface area contributed by atoms with Crippen LogP contribution < -0.4 is 0 Å².